The van der Waals surface area contributed by atoms with Crippen molar-refractivity contribution in [2.75, 3.05) is 78.8 Å². The second-order valence-corrected chi connectivity index (χ2v) is 26.2. The van der Waals surface area contributed by atoms with Gasteiger partial charge in [-0.05, 0) is 215 Å². The van der Waals surface area contributed by atoms with Crippen LogP contribution >= 0.6 is 0 Å². The zero-order valence-corrected chi connectivity index (χ0v) is 49.6. The number of nitrogens with one attached hydrogen (secondary N) is 1. The van der Waals surface area contributed by atoms with Crippen molar-refractivity contribution < 1.29 is 47.9 Å². The molecule has 0 unspecified atom stereocenters. The predicted molar refractivity (Wildman–Crippen MR) is 301 cm³/mol. The van der Waals surface area contributed by atoms with E-state index in [-0.39, 0.29) is 24.9 Å². The Labute approximate surface area is 457 Å². The molecule has 3 saturated carbocycles. The van der Waals surface area contributed by atoms with E-state index in [9.17, 15) is 14.4 Å². The topological polar surface area (TPSA) is 149 Å². The summed E-state index contributed by atoms with van der Waals surface area (Å²) in [5.41, 5.74) is -1.22. The largest absolute Gasteiger partial charge is 0.444 e. The fourth-order valence-corrected chi connectivity index (χ4v) is 11.4. The molecular formula is C61H114N4O10. The molecule has 7 aliphatic rings. The Balaban J connectivity index is 0.000000219. The van der Waals surface area contributed by atoms with Gasteiger partial charge in [-0.1, -0.05) is 57.8 Å². The third-order valence-electron chi connectivity index (χ3n) is 16.1. The fourth-order valence-electron chi connectivity index (χ4n) is 11.4. The van der Waals surface area contributed by atoms with E-state index >= 15 is 0 Å². The quantitative estimate of drug-likeness (QED) is 0.160. The molecular weight excluding hydrogens is 949 g/mol. The Kier molecular flexibility index (Phi) is 30.6. The first-order chi connectivity index (χ1) is 35.7. The highest BCUT2D eigenvalue weighted by Crippen LogP contribution is 2.28. The minimum atomic E-state index is -0.418. The molecule has 438 valence electrons. The smallest absolute Gasteiger partial charge is 0.410 e. The van der Waals surface area contributed by atoms with E-state index in [1.54, 1.807) is 4.90 Å². The van der Waals surface area contributed by atoms with Gasteiger partial charge in [-0.3, -0.25) is 0 Å². The summed E-state index contributed by atoms with van der Waals surface area (Å²) >= 11 is 0. The summed E-state index contributed by atoms with van der Waals surface area (Å²) in [5, 5.41) is 12.3. The lowest BCUT2D eigenvalue weighted by Gasteiger charge is -2.33. The Morgan fingerprint density at radius 2 is 0.640 bits per heavy atom. The highest BCUT2D eigenvalue weighted by atomic mass is 16.6. The maximum Gasteiger partial charge on any atom is 0.410 e. The molecule has 0 aromatic heterocycles. The standard InChI is InChI=1S/2C18H33NO3.C13H25NO.C12H23NO3/c2*1-18(2,3)22-17(20)19-12-9-15(10-13-19)11-14-21-16-7-5-4-6-8-16;1-2-4-13(5-3-1)15-11-8-12-6-9-14-10-7-12;1-12(2,3)16-11(15)13-7-4-10(5-8-13)6-9-14/h2*15-16H,4-14H2,1-3H3;12-14H,1-11H2;10,14H,4-9H2,1-3H3. The number of nitrogens with zero attached hydrogens (tertiary/aromatic N) is 3. The first kappa shape index (κ1) is 65.1. The monoisotopic (exact) mass is 1060 g/mol. The molecule has 3 amide bonds. The molecule has 0 aromatic rings. The minimum absolute atomic E-state index is 0.163. The zero-order valence-electron chi connectivity index (χ0n) is 49.6. The number of rotatable bonds is 14. The number of hydrogen-bond acceptors (Lipinski definition) is 11. The molecule has 0 spiro atoms. The van der Waals surface area contributed by atoms with Gasteiger partial charge in [-0.15, -0.1) is 0 Å². The molecule has 7 rings (SSSR count). The summed E-state index contributed by atoms with van der Waals surface area (Å²) in [5.74, 6) is 2.88. The molecule has 7 fully saturated rings. The Bertz CT molecular complexity index is 1410. The van der Waals surface area contributed by atoms with Crippen LogP contribution < -0.4 is 5.32 Å². The Hall–Kier alpha value is -2.39. The number of likely N-dealkylation sites (tertiary alicyclic amines) is 3. The summed E-state index contributed by atoms with van der Waals surface area (Å²) in [7, 11) is 0. The Morgan fingerprint density at radius 3 is 0.893 bits per heavy atom. The highest BCUT2D eigenvalue weighted by molar-refractivity contribution is 5.69. The number of carbonyl (C=O) groups excluding carboxylic acids is 3. The van der Waals surface area contributed by atoms with Gasteiger partial charge >= 0.3 is 18.3 Å². The molecule has 14 heteroatoms. The third kappa shape index (κ3) is 30.0. The molecule has 4 aliphatic heterocycles. The molecule has 0 radical (unpaired) electrons. The van der Waals surface area contributed by atoms with E-state index in [2.05, 4.69) is 5.32 Å². The molecule has 4 heterocycles. The zero-order chi connectivity index (χ0) is 54.5. The third-order valence-corrected chi connectivity index (χ3v) is 16.1. The van der Waals surface area contributed by atoms with E-state index in [1.807, 2.05) is 72.1 Å². The van der Waals surface area contributed by atoms with Gasteiger partial charge in [-0.2, -0.15) is 0 Å². The second kappa shape index (κ2) is 35.3. The normalized spacial score (nSPS) is 21.9. The number of amides is 3. The number of aliphatic hydroxyl groups is 1. The predicted octanol–water partition coefficient (Wildman–Crippen LogP) is 13.5. The summed E-state index contributed by atoms with van der Waals surface area (Å²) in [6.07, 6.45) is 34.4. The summed E-state index contributed by atoms with van der Waals surface area (Å²) in [6, 6.07) is 0. The van der Waals surface area contributed by atoms with Crippen LogP contribution in [0.4, 0.5) is 14.4 Å². The van der Waals surface area contributed by atoms with E-state index in [1.165, 1.54) is 129 Å². The van der Waals surface area contributed by atoms with Crippen molar-refractivity contribution in [3.63, 3.8) is 0 Å². The van der Waals surface area contributed by atoms with Crippen LogP contribution in [0.15, 0.2) is 0 Å². The van der Waals surface area contributed by atoms with Crippen LogP contribution in [0.5, 0.6) is 0 Å². The van der Waals surface area contributed by atoms with E-state index < -0.39 is 16.8 Å². The van der Waals surface area contributed by atoms with Crippen molar-refractivity contribution in [2.45, 2.75) is 271 Å². The first-order valence-electron chi connectivity index (χ1n) is 30.9. The van der Waals surface area contributed by atoms with Crippen molar-refractivity contribution in [3.05, 3.63) is 0 Å². The van der Waals surface area contributed by atoms with Crippen molar-refractivity contribution in [1.82, 2.24) is 20.0 Å². The number of piperidine rings is 4. The molecule has 2 N–H and O–H groups in total. The van der Waals surface area contributed by atoms with Crippen LogP contribution in [-0.2, 0) is 28.4 Å². The van der Waals surface area contributed by atoms with E-state index in [4.69, 9.17) is 33.5 Å². The van der Waals surface area contributed by atoms with Crippen molar-refractivity contribution in [2.24, 2.45) is 23.7 Å². The highest BCUT2D eigenvalue weighted by Gasteiger charge is 2.30. The lowest BCUT2D eigenvalue weighted by molar-refractivity contribution is 0.00668. The van der Waals surface area contributed by atoms with Crippen molar-refractivity contribution in [1.29, 1.82) is 0 Å². The van der Waals surface area contributed by atoms with Gasteiger partial charge in [0.1, 0.15) is 16.8 Å². The number of carbonyl (C=O) groups is 3. The average molecular weight is 1060 g/mol. The fraction of sp³-hybridized carbons (Fsp3) is 0.951. The van der Waals surface area contributed by atoms with Crippen LogP contribution in [0.2, 0.25) is 0 Å². The van der Waals surface area contributed by atoms with Crippen molar-refractivity contribution in [3.8, 4) is 0 Å². The summed E-state index contributed by atoms with van der Waals surface area (Å²) < 4.78 is 34.2. The number of ether oxygens (including phenoxy) is 6. The average Bonchev–Trinajstić information content (AvgIpc) is 3.37. The lowest BCUT2D eigenvalue weighted by Crippen LogP contribution is -2.41. The van der Waals surface area contributed by atoms with Gasteiger partial charge in [0.2, 0.25) is 0 Å². The molecule has 0 atom stereocenters. The van der Waals surface area contributed by atoms with Gasteiger partial charge in [0.25, 0.3) is 0 Å². The van der Waals surface area contributed by atoms with Gasteiger partial charge in [0.15, 0.2) is 0 Å². The Morgan fingerprint density at radius 1 is 0.387 bits per heavy atom. The summed E-state index contributed by atoms with van der Waals surface area (Å²) in [6.45, 7) is 27.4. The van der Waals surface area contributed by atoms with Gasteiger partial charge in [-0.25, -0.2) is 14.4 Å². The molecule has 0 bridgehead atoms. The maximum absolute atomic E-state index is 12.0. The molecule has 14 nitrogen and oxygen atoms in total. The van der Waals surface area contributed by atoms with Crippen LogP contribution in [0.25, 0.3) is 0 Å². The lowest BCUT2D eigenvalue weighted by atomic mass is 9.94. The molecule has 0 aromatic carbocycles. The van der Waals surface area contributed by atoms with Gasteiger partial charge < -0.3 is 53.5 Å². The molecule has 75 heavy (non-hydrogen) atoms. The second-order valence-electron chi connectivity index (χ2n) is 26.2. The van der Waals surface area contributed by atoms with Crippen LogP contribution in [0.1, 0.15) is 236 Å². The number of hydrogen-bond donors (Lipinski definition) is 2. The van der Waals surface area contributed by atoms with Crippen LogP contribution in [0, 0.1) is 23.7 Å². The first-order valence-corrected chi connectivity index (χ1v) is 30.9. The van der Waals surface area contributed by atoms with Gasteiger partial charge in [0, 0.05) is 65.7 Å². The molecule has 4 saturated heterocycles. The SMILES string of the molecule is C1CCC(OCCC2CCNCC2)CC1.CC(C)(C)OC(=O)N1CCC(CCO)CC1.CC(C)(C)OC(=O)N1CCC(CCOC2CCCCC2)CC1.CC(C)(C)OC(=O)N1CCC(CCOC2CCCCC2)CC1. The minimum Gasteiger partial charge on any atom is -0.444 e. The van der Waals surface area contributed by atoms with Crippen LogP contribution in [0.3, 0.4) is 0 Å². The van der Waals surface area contributed by atoms with E-state index in [0.29, 0.717) is 36.1 Å². The van der Waals surface area contributed by atoms with E-state index in [0.717, 1.165) is 123 Å². The maximum atomic E-state index is 12.0. The van der Waals surface area contributed by atoms with Gasteiger partial charge in [0.05, 0.1) is 18.3 Å². The van der Waals surface area contributed by atoms with Crippen LogP contribution in [-0.4, -0.2) is 152 Å². The molecule has 3 aliphatic carbocycles. The number of aliphatic hydroxyl groups excluding tert-OH is 1. The van der Waals surface area contributed by atoms with Crippen molar-refractivity contribution >= 4 is 18.3 Å². The summed E-state index contributed by atoms with van der Waals surface area (Å²) in [4.78, 5) is 41.2.